The predicted molar refractivity (Wildman–Crippen MR) is 35.9 cm³/mol. The second-order valence-corrected chi connectivity index (χ2v) is 2.02. The minimum atomic E-state index is -0.983. The van der Waals surface area contributed by atoms with Crippen LogP contribution in [0.15, 0.2) is 18.3 Å². The molecule has 0 aromatic carbocycles. The lowest BCUT2D eigenvalue weighted by Gasteiger charge is -1.92. The number of rotatable bonds is 1. The van der Waals surface area contributed by atoms with Gasteiger partial charge in [-0.2, -0.15) is 0 Å². The standard InChI is InChI=1S/C7H7NO2/c1-5-2-3-8-6(4-5)7(9)10/h2-4H,1H3,(H,9,10). The van der Waals surface area contributed by atoms with Crippen molar-refractivity contribution in [1.29, 1.82) is 0 Å². The summed E-state index contributed by atoms with van der Waals surface area (Å²) in [7, 11) is 0. The van der Waals surface area contributed by atoms with E-state index in [9.17, 15) is 4.79 Å². The highest BCUT2D eigenvalue weighted by Gasteiger charge is 2.01. The molecule has 0 saturated heterocycles. The van der Waals surface area contributed by atoms with Crippen LogP contribution in [0.5, 0.6) is 0 Å². The molecule has 0 saturated carbocycles. The lowest BCUT2D eigenvalue weighted by molar-refractivity contribution is 0.0690. The number of carboxylic acid groups (broad SMARTS) is 1. The highest BCUT2D eigenvalue weighted by atomic mass is 16.4. The zero-order valence-electron chi connectivity index (χ0n) is 5.53. The predicted octanol–water partition coefficient (Wildman–Crippen LogP) is 1.09. The van der Waals surface area contributed by atoms with Gasteiger partial charge in [0.15, 0.2) is 0 Å². The average molecular weight is 137 g/mol. The third-order valence-corrected chi connectivity index (χ3v) is 1.13. The maximum Gasteiger partial charge on any atom is 0.354 e. The van der Waals surface area contributed by atoms with Crippen LogP contribution in [0.2, 0.25) is 0 Å². The minimum Gasteiger partial charge on any atom is -0.477 e. The number of hydrogen-bond acceptors (Lipinski definition) is 2. The number of nitrogens with zero attached hydrogens (tertiary/aromatic N) is 1. The smallest absolute Gasteiger partial charge is 0.354 e. The van der Waals surface area contributed by atoms with Crippen LogP contribution in [0, 0.1) is 6.92 Å². The van der Waals surface area contributed by atoms with Crippen LogP contribution in [0.4, 0.5) is 0 Å². The summed E-state index contributed by atoms with van der Waals surface area (Å²) in [5.41, 5.74) is 1.01. The summed E-state index contributed by atoms with van der Waals surface area (Å²) in [5.74, 6) is -0.983. The van der Waals surface area contributed by atoms with Gasteiger partial charge in [0.2, 0.25) is 0 Å². The summed E-state index contributed by atoms with van der Waals surface area (Å²) in [4.78, 5) is 13.9. The van der Waals surface area contributed by atoms with E-state index in [2.05, 4.69) is 4.98 Å². The molecule has 1 rings (SSSR count). The molecular weight excluding hydrogens is 130 g/mol. The van der Waals surface area contributed by atoms with Crippen LogP contribution < -0.4 is 0 Å². The molecule has 0 fully saturated rings. The molecule has 1 aromatic heterocycles. The van der Waals surface area contributed by atoms with Crippen LogP contribution >= 0.6 is 0 Å². The molecule has 3 heteroatoms. The van der Waals surface area contributed by atoms with Gasteiger partial charge in [0.05, 0.1) is 0 Å². The Morgan fingerprint density at radius 2 is 2.40 bits per heavy atom. The average Bonchev–Trinajstić information content (AvgIpc) is 1.88. The van der Waals surface area contributed by atoms with E-state index < -0.39 is 5.97 Å². The van der Waals surface area contributed by atoms with Gasteiger partial charge < -0.3 is 5.11 Å². The van der Waals surface area contributed by atoms with Crippen molar-refractivity contribution in [2.45, 2.75) is 6.92 Å². The number of hydrogen-bond donors (Lipinski definition) is 1. The molecule has 0 unspecified atom stereocenters. The first-order valence-electron chi connectivity index (χ1n) is 2.86. The second-order valence-electron chi connectivity index (χ2n) is 2.02. The monoisotopic (exact) mass is 137 g/mol. The van der Waals surface area contributed by atoms with Gasteiger partial charge in [-0.25, -0.2) is 9.78 Å². The van der Waals surface area contributed by atoms with Gasteiger partial charge >= 0.3 is 5.97 Å². The first-order valence-corrected chi connectivity index (χ1v) is 2.86. The summed E-state index contributed by atoms with van der Waals surface area (Å²) in [6.07, 6.45) is 1.48. The van der Waals surface area contributed by atoms with E-state index in [1.54, 1.807) is 6.07 Å². The quantitative estimate of drug-likeness (QED) is 0.630. The Morgan fingerprint density at radius 3 is 2.80 bits per heavy atom. The summed E-state index contributed by atoms with van der Waals surface area (Å²) in [6.45, 7) is 1.83. The fourth-order valence-corrected chi connectivity index (χ4v) is 0.653. The topological polar surface area (TPSA) is 50.2 Å². The lowest BCUT2D eigenvalue weighted by Crippen LogP contribution is -1.99. The first kappa shape index (κ1) is 6.74. The molecule has 0 spiro atoms. The van der Waals surface area contributed by atoms with E-state index in [-0.39, 0.29) is 5.69 Å². The van der Waals surface area contributed by atoms with Crippen LogP contribution in [-0.4, -0.2) is 16.1 Å². The third-order valence-electron chi connectivity index (χ3n) is 1.13. The molecule has 0 bridgehead atoms. The van der Waals surface area contributed by atoms with E-state index in [0.717, 1.165) is 5.56 Å². The lowest BCUT2D eigenvalue weighted by atomic mass is 10.2. The van der Waals surface area contributed by atoms with Crippen molar-refractivity contribution in [2.75, 3.05) is 0 Å². The Balaban J connectivity index is 3.07. The molecular formula is C7H7NO2. The maximum absolute atomic E-state index is 10.3. The highest BCUT2D eigenvalue weighted by molar-refractivity contribution is 5.85. The van der Waals surface area contributed by atoms with E-state index in [4.69, 9.17) is 5.11 Å². The Bertz CT molecular complexity index is 258. The maximum atomic E-state index is 10.3. The van der Waals surface area contributed by atoms with Gasteiger partial charge in [-0.15, -0.1) is 0 Å². The molecule has 1 aromatic rings. The number of aryl methyl sites for hydroxylation is 1. The number of aromatic nitrogens is 1. The Kier molecular flexibility index (Phi) is 1.67. The number of carbonyl (C=O) groups is 1. The van der Waals surface area contributed by atoms with E-state index in [0.29, 0.717) is 0 Å². The van der Waals surface area contributed by atoms with Crippen LogP contribution in [0.1, 0.15) is 16.1 Å². The molecule has 0 aliphatic carbocycles. The zero-order valence-corrected chi connectivity index (χ0v) is 5.53. The number of aromatic carboxylic acids is 1. The second kappa shape index (κ2) is 2.47. The van der Waals surface area contributed by atoms with Crippen molar-refractivity contribution in [1.82, 2.24) is 4.98 Å². The molecule has 1 heterocycles. The molecule has 0 radical (unpaired) electrons. The van der Waals surface area contributed by atoms with Crippen molar-refractivity contribution < 1.29 is 9.90 Å². The van der Waals surface area contributed by atoms with Crippen molar-refractivity contribution in [3.8, 4) is 0 Å². The zero-order chi connectivity index (χ0) is 7.56. The van der Waals surface area contributed by atoms with Crippen LogP contribution in [0.3, 0.4) is 0 Å². The largest absolute Gasteiger partial charge is 0.477 e. The van der Waals surface area contributed by atoms with Crippen LogP contribution in [0.25, 0.3) is 0 Å². The molecule has 52 valence electrons. The Labute approximate surface area is 58.3 Å². The van der Waals surface area contributed by atoms with Crippen molar-refractivity contribution in [3.63, 3.8) is 0 Å². The fourth-order valence-electron chi connectivity index (χ4n) is 0.653. The third kappa shape index (κ3) is 1.31. The van der Waals surface area contributed by atoms with Gasteiger partial charge in [0, 0.05) is 6.20 Å². The highest BCUT2D eigenvalue weighted by Crippen LogP contribution is 1.98. The summed E-state index contributed by atoms with van der Waals surface area (Å²) in [5, 5.41) is 8.45. The van der Waals surface area contributed by atoms with E-state index in [1.807, 2.05) is 6.92 Å². The molecule has 0 aliphatic heterocycles. The van der Waals surface area contributed by atoms with Gasteiger partial charge in [-0.1, -0.05) is 0 Å². The number of carboxylic acids is 1. The van der Waals surface area contributed by atoms with Crippen molar-refractivity contribution in [2.24, 2.45) is 0 Å². The van der Waals surface area contributed by atoms with E-state index in [1.165, 1.54) is 12.3 Å². The molecule has 1 N–H and O–H groups in total. The fraction of sp³-hybridized carbons (Fsp3) is 0.143. The van der Waals surface area contributed by atoms with E-state index >= 15 is 0 Å². The summed E-state index contributed by atoms with van der Waals surface area (Å²) >= 11 is 0. The Hall–Kier alpha value is -1.38. The minimum absolute atomic E-state index is 0.0972. The summed E-state index contributed by atoms with van der Waals surface area (Å²) < 4.78 is 0. The van der Waals surface area contributed by atoms with Gasteiger partial charge in [0.1, 0.15) is 5.69 Å². The molecule has 3 nitrogen and oxygen atoms in total. The van der Waals surface area contributed by atoms with Crippen molar-refractivity contribution >= 4 is 5.97 Å². The van der Waals surface area contributed by atoms with Crippen molar-refractivity contribution in [3.05, 3.63) is 29.6 Å². The SMILES string of the molecule is Cc1ccnc(C(=O)O)c1. The first-order chi connectivity index (χ1) is 4.70. The Morgan fingerprint density at radius 1 is 1.70 bits per heavy atom. The summed E-state index contributed by atoms with van der Waals surface area (Å²) in [6, 6.07) is 3.29. The molecule has 0 amide bonds. The molecule has 0 aliphatic rings. The number of pyridine rings is 1. The van der Waals surface area contributed by atoms with Gasteiger partial charge in [-0.05, 0) is 24.6 Å². The molecule has 10 heavy (non-hydrogen) atoms. The normalized spacial score (nSPS) is 9.30. The van der Waals surface area contributed by atoms with Gasteiger partial charge in [-0.3, -0.25) is 0 Å². The van der Waals surface area contributed by atoms with Crippen LogP contribution in [-0.2, 0) is 0 Å². The molecule has 0 atom stereocenters. The van der Waals surface area contributed by atoms with Gasteiger partial charge in [0.25, 0.3) is 0 Å².